The average molecular weight is 271 g/mol. The number of aryl methyl sites for hydroxylation is 1. The van der Waals surface area contributed by atoms with E-state index in [9.17, 15) is 8.42 Å². The van der Waals surface area contributed by atoms with Gasteiger partial charge in [-0.1, -0.05) is 6.92 Å². The predicted molar refractivity (Wildman–Crippen MR) is 70.0 cm³/mol. The fourth-order valence-electron chi connectivity index (χ4n) is 2.43. The van der Waals surface area contributed by atoms with Crippen LogP contribution in [0.1, 0.15) is 45.1 Å². The molecule has 6 heteroatoms. The number of fused-ring (bicyclic) bond motifs is 1. The quantitative estimate of drug-likeness (QED) is 0.902. The van der Waals surface area contributed by atoms with Gasteiger partial charge in [-0.05, 0) is 33.1 Å². The van der Waals surface area contributed by atoms with Gasteiger partial charge < -0.3 is 4.57 Å². The first kappa shape index (κ1) is 13.5. The number of aromatic nitrogens is 2. The molecule has 18 heavy (non-hydrogen) atoms. The van der Waals surface area contributed by atoms with Crippen LogP contribution in [-0.4, -0.2) is 24.0 Å². The van der Waals surface area contributed by atoms with Crippen LogP contribution in [0.5, 0.6) is 0 Å². The van der Waals surface area contributed by atoms with E-state index in [1.807, 2.05) is 20.8 Å². The molecule has 1 aromatic rings. The van der Waals surface area contributed by atoms with Gasteiger partial charge in [-0.25, -0.2) is 18.1 Å². The number of hydrogen-bond acceptors (Lipinski definition) is 3. The monoisotopic (exact) mass is 271 g/mol. The van der Waals surface area contributed by atoms with E-state index in [1.54, 1.807) is 0 Å². The molecule has 102 valence electrons. The molecular weight excluding hydrogens is 250 g/mol. The minimum atomic E-state index is -3.47. The van der Waals surface area contributed by atoms with Crippen molar-refractivity contribution in [1.82, 2.24) is 14.3 Å². The van der Waals surface area contributed by atoms with Crippen molar-refractivity contribution in [3.8, 4) is 0 Å². The highest BCUT2D eigenvalue weighted by Gasteiger charge is 2.28. The molecule has 2 heterocycles. The summed E-state index contributed by atoms with van der Waals surface area (Å²) in [6.07, 6.45) is 3.72. The van der Waals surface area contributed by atoms with E-state index in [4.69, 9.17) is 0 Å². The molecule has 2 rings (SSSR count). The van der Waals surface area contributed by atoms with E-state index in [1.165, 1.54) is 0 Å². The van der Waals surface area contributed by atoms with Crippen LogP contribution in [0.4, 0.5) is 0 Å². The summed E-state index contributed by atoms with van der Waals surface area (Å²) in [7, 11) is -3.47. The Bertz CT molecular complexity index is 532. The molecule has 0 radical (unpaired) electrons. The van der Waals surface area contributed by atoms with Crippen LogP contribution in [-0.2, 0) is 29.4 Å². The number of sulfonamides is 1. The molecule has 1 aromatic heterocycles. The Hall–Kier alpha value is -0.880. The first-order valence-corrected chi connectivity index (χ1v) is 8.04. The molecule has 1 N–H and O–H groups in total. The smallest absolute Gasteiger partial charge is 0.260 e. The minimum Gasteiger partial charge on any atom is -0.331 e. The summed E-state index contributed by atoms with van der Waals surface area (Å²) in [5.41, 5.74) is 0.881. The van der Waals surface area contributed by atoms with Crippen LogP contribution in [0.15, 0.2) is 5.03 Å². The molecule has 0 atom stereocenters. The Labute approximate surface area is 109 Å². The van der Waals surface area contributed by atoms with Gasteiger partial charge >= 0.3 is 0 Å². The summed E-state index contributed by atoms with van der Waals surface area (Å²) in [4.78, 5) is 4.35. The highest BCUT2D eigenvalue weighted by atomic mass is 32.2. The number of rotatable bonds is 4. The molecule has 0 aliphatic carbocycles. The van der Waals surface area contributed by atoms with E-state index < -0.39 is 10.0 Å². The van der Waals surface area contributed by atoms with Gasteiger partial charge in [0.15, 0.2) is 5.03 Å². The molecule has 1 aliphatic rings. The van der Waals surface area contributed by atoms with Gasteiger partial charge in [0, 0.05) is 19.0 Å². The zero-order valence-electron chi connectivity index (χ0n) is 11.2. The van der Waals surface area contributed by atoms with Gasteiger partial charge in [0.25, 0.3) is 10.0 Å². The molecule has 0 saturated carbocycles. The van der Waals surface area contributed by atoms with Crippen LogP contribution in [0, 0.1) is 0 Å². The van der Waals surface area contributed by atoms with Crippen molar-refractivity contribution >= 4 is 10.0 Å². The van der Waals surface area contributed by atoms with Gasteiger partial charge in [-0.15, -0.1) is 0 Å². The van der Waals surface area contributed by atoms with Crippen molar-refractivity contribution in [1.29, 1.82) is 0 Å². The molecule has 1 aliphatic heterocycles. The fourth-order valence-corrected chi connectivity index (χ4v) is 3.91. The third kappa shape index (κ3) is 2.44. The summed E-state index contributed by atoms with van der Waals surface area (Å²) in [6.45, 7) is 6.54. The second-order valence-corrected chi connectivity index (χ2v) is 6.65. The zero-order chi connectivity index (χ0) is 13.3. The summed E-state index contributed by atoms with van der Waals surface area (Å²) < 4.78 is 29.2. The lowest BCUT2D eigenvalue weighted by atomic mass is 10.1. The maximum absolute atomic E-state index is 12.3. The van der Waals surface area contributed by atoms with Crippen molar-refractivity contribution in [3.05, 3.63) is 11.5 Å². The molecule has 0 saturated heterocycles. The SMILES string of the molecule is CCc1nc(S(=O)(=O)NC(C)C)c2n1CCCC2. The van der Waals surface area contributed by atoms with E-state index >= 15 is 0 Å². The van der Waals surface area contributed by atoms with Crippen molar-refractivity contribution in [2.45, 2.75) is 64.1 Å². The Morgan fingerprint density at radius 2 is 2.11 bits per heavy atom. The first-order valence-electron chi connectivity index (χ1n) is 6.56. The Morgan fingerprint density at radius 1 is 1.39 bits per heavy atom. The number of nitrogens with one attached hydrogen (secondary N) is 1. The maximum Gasteiger partial charge on any atom is 0.260 e. The highest BCUT2D eigenvalue weighted by Crippen LogP contribution is 2.24. The second-order valence-electron chi connectivity index (χ2n) is 5.02. The van der Waals surface area contributed by atoms with E-state index in [2.05, 4.69) is 14.3 Å². The van der Waals surface area contributed by atoms with Crippen molar-refractivity contribution in [2.75, 3.05) is 0 Å². The summed E-state index contributed by atoms with van der Waals surface area (Å²) in [6, 6.07) is -0.110. The molecule has 0 fully saturated rings. The van der Waals surface area contributed by atoms with E-state index in [0.717, 1.165) is 43.7 Å². The predicted octanol–water partition coefficient (Wildman–Crippen LogP) is 1.47. The average Bonchev–Trinajstić information content (AvgIpc) is 2.66. The third-order valence-electron chi connectivity index (χ3n) is 3.12. The van der Waals surface area contributed by atoms with Crippen LogP contribution in [0.3, 0.4) is 0 Å². The summed E-state index contributed by atoms with van der Waals surface area (Å²) in [5.74, 6) is 0.883. The molecule has 0 aromatic carbocycles. The summed E-state index contributed by atoms with van der Waals surface area (Å²) >= 11 is 0. The molecule has 0 spiro atoms. The highest BCUT2D eigenvalue weighted by molar-refractivity contribution is 7.89. The van der Waals surface area contributed by atoms with Gasteiger partial charge in [0.05, 0.1) is 5.69 Å². The van der Waals surface area contributed by atoms with Gasteiger partial charge in [-0.2, -0.15) is 0 Å². The molecular formula is C12H21N3O2S. The lowest BCUT2D eigenvalue weighted by Crippen LogP contribution is -2.31. The topological polar surface area (TPSA) is 64.0 Å². The van der Waals surface area contributed by atoms with Crippen LogP contribution < -0.4 is 4.72 Å². The number of nitrogens with zero attached hydrogens (tertiary/aromatic N) is 2. The lowest BCUT2D eigenvalue weighted by molar-refractivity contribution is 0.509. The first-order chi connectivity index (χ1) is 8.45. The minimum absolute atomic E-state index is 0.110. The van der Waals surface area contributed by atoms with Crippen LogP contribution in [0.25, 0.3) is 0 Å². The summed E-state index contributed by atoms with van der Waals surface area (Å²) in [5, 5.41) is 0.243. The Morgan fingerprint density at radius 3 is 2.72 bits per heavy atom. The van der Waals surface area contributed by atoms with Gasteiger partial charge in [0.1, 0.15) is 5.82 Å². The molecule has 5 nitrogen and oxygen atoms in total. The van der Waals surface area contributed by atoms with E-state index in [-0.39, 0.29) is 11.1 Å². The standard InChI is InChI=1S/C12H21N3O2S/c1-4-11-13-12(18(16,17)14-9(2)3)10-7-5-6-8-15(10)11/h9,14H,4-8H2,1-3H3. The third-order valence-corrected chi connectivity index (χ3v) is 4.74. The van der Waals surface area contributed by atoms with Crippen molar-refractivity contribution in [3.63, 3.8) is 0 Å². The molecule has 0 amide bonds. The molecule has 0 bridgehead atoms. The number of hydrogen-bond donors (Lipinski definition) is 1. The van der Waals surface area contributed by atoms with Crippen LogP contribution >= 0.6 is 0 Å². The van der Waals surface area contributed by atoms with Crippen molar-refractivity contribution in [2.24, 2.45) is 0 Å². The van der Waals surface area contributed by atoms with Gasteiger partial charge in [0.2, 0.25) is 0 Å². The second kappa shape index (κ2) is 5.01. The fraction of sp³-hybridized carbons (Fsp3) is 0.750. The van der Waals surface area contributed by atoms with E-state index in [0.29, 0.717) is 0 Å². The largest absolute Gasteiger partial charge is 0.331 e. The number of imidazole rings is 1. The molecule has 0 unspecified atom stereocenters. The lowest BCUT2D eigenvalue weighted by Gasteiger charge is -2.17. The van der Waals surface area contributed by atoms with Crippen LogP contribution in [0.2, 0.25) is 0 Å². The Balaban J connectivity index is 2.48. The zero-order valence-corrected chi connectivity index (χ0v) is 12.0. The van der Waals surface area contributed by atoms with Crippen molar-refractivity contribution < 1.29 is 8.42 Å². The maximum atomic E-state index is 12.3. The Kier molecular flexibility index (Phi) is 3.77. The normalized spacial score (nSPS) is 16.0. The van der Waals surface area contributed by atoms with Gasteiger partial charge in [-0.3, -0.25) is 0 Å².